The molecule has 84 valence electrons. The normalized spacial score (nSPS) is 14.1. The predicted molar refractivity (Wildman–Crippen MR) is 71.0 cm³/mol. The molecule has 0 aromatic carbocycles. The van der Waals surface area contributed by atoms with Crippen molar-refractivity contribution in [2.45, 2.75) is 13.8 Å². The number of allylic oxidation sites excluding steroid dienone is 8. The first-order chi connectivity index (χ1) is 7.78. The summed E-state index contributed by atoms with van der Waals surface area (Å²) < 4.78 is 0. The van der Waals surface area contributed by atoms with E-state index in [1.54, 1.807) is 24.3 Å². The highest BCUT2D eigenvalue weighted by atomic mass is 15.1. The van der Waals surface area contributed by atoms with Gasteiger partial charge in [0.15, 0.2) is 0 Å². The van der Waals surface area contributed by atoms with Crippen molar-refractivity contribution in [2.75, 3.05) is 0 Å². The standard InChI is InChI=1S/C14H18N2/c1-5-9-13(10-6-2)15-16-14(11-7-3)12-8-4/h5-12H,1,3H2,2,4H3/b10-6-,12-8-,13-9+,14-11+,16-15-. The predicted octanol–water partition coefficient (Wildman–Crippen LogP) is 4.73. The van der Waals surface area contributed by atoms with Crippen LogP contribution in [0, 0.1) is 0 Å². The van der Waals surface area contributed by atoms with E-state index in [0.29, 0.717) is 0 Å². The first-order valence-electron chi connectivity index (χ1n) is 5.11. The van der Waals surface area contributed by atoms with E-state index in [-0.39, 0.29) is 0 Å². The van der Waals surface area contributed by atoms with Crippen LogP contribution in [0.1, 0.15) is 13.8 Å². The van der Waals surface area contributed by atoms with Gasteiger partial charge in [0.05, 0.1) is 11.4 Å². The van der Waals surface area contributed by atoms with E-state index in [9.17, 15) is 0 Å². The van der Waals surface area contributed by atoms with E-state index in [2.05, 4.69) is 23.4 Å². The Morgan fingerprint density at radius 2 is 1.19 bits per heavy atom. The minimum atomic E-state index is 0.761. The van der Waals surface area contributed by atoms with Crippen LogP contribution in [0.4, 0.5) is 0 Å². The van der Waals surface area contributed by atoms with Crippen molar-refractivity contribution in [3.63, 3.8) is 0 Å². The van der Waals surface area contributed by atoms with Crippen molar-refractivity contribution < 1.29 is 0 Å². The monoisotopic (exact) mass is 214 g/mol. The SMILES string of the molecule is C=C/C=C(\C=C/C)/N=N\C(\C=C/C)=C\C=C. The summed E-state index contributed by atoms with van der Waals surface area (Å²) in [7, 11) is 0. The van der Waals surface area contributed by atoms with Gasteiger partial charge in [-0.05, 0) is 38.2 Å². The molecule has 16 heavy (non-hydrogen) atoms. The van der Waals surface area contributed by atoms with Crippen LogP contribution >= 0.6 is 0 Å². The molecule has 0 spiro atoms. The second kappa shape index (κ2) is 9.59. The van der Waals surface area contributed by atoms with E-state index in [0.717, 1.165) is 11.4 Å². The molecule has 0 N–H and O–H groups in total. The molecular formula is C14H18N2. The van der Waals surface area contributed by atoms with Crippen LogP contribution in [-0.2, 0) is 0 Å². The third-order valence-corrected chi connectivity index (χ3v) is 1.53. The van der Waals surface area contributed by atoms with E-state index in [4.69, 9.17) is 0 Å². The van der Waals surface area contributed by atoms with Gasteiger partial charge in [0.2, 0.25) is 0 Å². The molecule has 0 saturated heterocycles. The van der Waals surface area contributed by atoms with Gasteiger partial charge >= 0.3 is 0 Å². The molecule has 0 fully saturated rings. The highest BCUT2D eigenvalue weighted by Gasteiger charge is 1.88. The second-order valence-electron chi connectivity index (χ2n) is 2.85. The molecule has 0 aromatic heterocycles. The summed E-state index contributed by atoms with van der Waals surface area (Å²) in [5, 5.41) is 8.20. The highest BCUT2D eigenvalue weighted by Crippen LogP contribution is 2.06. The summed E-state index contributed by atoms with van der Waals surface area (Å²) in [6.07, 6.45) is 14.5. The van der Waals surface area contributed by atoms with Crippen molar-refractivity contribution in [1.82, 2.24) is 0 Å². The number of rotatable bonds is 6. The van der Waals surface area contributed by atoms with Gasteiger partial charge in [0.1, 0.15) is 0 Å². The largest absolute Gasteiger partial charge is 0.151 e. The average molecular weight is 214 g/mol. The van der Waals surface area contributed by atoms with Crippen LogP contribution < -0.4 is 0 Å². The van der Waals surface area contributed by atoms with Crippen LogP contribution in [0.3, 0.4) is 0 Å². The van der Waals surface area contributed by atoms with Crippen molar-refractivity contribution in [1.29, 1.82) is 0 Å². The minimum Gasteiger partial charge on any atom is -0.151 e. The number of nitrogens with zero attached hydrogens (tertiary/aromatic N) is 2. The van der Waals surface area contributed by atoms with Gasteiger partial charge in [-0.15, -0.1) is 0 Å². The van der Waals surface area contributed by atoms with E-state index >= 15 is 0 Å². The average Bonchev–Trinajstić information content (AvgIpc) is 2.27. The Hall–Kier alpha value is -1.96. The third kappa shape index (κ3) is 6.49. The van der Waals surface area contributed by atoms with Crippen molar-refractivity contribution in [3.8, 4) is 0 Å². The first-order valence-corrected chi connectivity index (χ1v) is 5.11. The van der Waals surface area contributed by atoms with Crippen molar-refractivity contribution in [3.05, 3.63) is 73.2 Å². The van der Waals surface area contributed by atoms with Crippen molar-refractivity contribution in [2.24, 2.45) is 10.2 Å². The molecule has 0 rings (SSSR count). The lowest BCUT2D eigenvalue weighted by atomic mass is 10.3. The highest BCUT2D eigenvalue weighted by molar-refractivity contribution is 5.24. The Balaban J connectivity index is 4.89. The third-order valence-electron chi connectivity index (χ3n) is 1.53. The second-order valence-corrected chi connectivity index (χ2v) is 2.85. The van der Waals surface area contributed by atoms with E-state index in [1.807, 2.05) is 38.2 Å². The van der Waals surface area contributed by atoms with Crippen LogP contribution in [0.5, 0.6) is 0 Å². The van der Waals surface area contributed by atoms with E-state index in [1.165, 1.54) is 0 Å². The molecule has 0 amide bonds. The fourth-order valence-corrected chi connectivity index (χ4v) is 0.943. The summed E-state index contributed by atoms with van der Waals surface area (Å²) in [6.45, 7) is 11.1. The van der Waals surface area contributed by atoms with Crippen LogP contribution in [0.25, 0.3) is 0 Å². The molecule has 0 aromatic rings. The Kier molecular flexibility index (Phi) is 8.41. The van der Waals surface area contributed by atoms with Gasteiger partial charge in [0.25, 0.3) is 0 Å². The maximum atomic E-state index is 4.10. The zero-order valence-corrected chi connectivity index (χ0v) is 9.93. The van der Waals surface area contributed by atoms with Crippen molar-refractivity contribution >= 4 is 0 Å². The molecule has 2 nitrogen and oxygen atoms in total. The minimum absolute atomic E-state index is 0.761. The molecule has 2 heteroatoms. The molecule has 0 aliphatic rings. The van der Waals surface area contributed by atoms with Gasteiger partial charge in [0, 0.05) is 0 Å². The Morgan fingerprint density at radius 3 is 1.44 bits per heavy atom. The van der Waals surface area contributed by atoms with Gasteiger partial charge in [-0.3, -0.25) is 0 Å². The lowest BCUT2D eigenvalue weighted by Crippen LogP contribution is -1.73. The number of hydrogen-bond donors (Lipinski definition) is 0. The Bertz CT molecular complexity index is 330. The maximum absolute atomic E-state index is 4.10. The molecule has 0 heterocycles. The van der Waals surface area contributed by atoms with Crippen LogP contribution in [-0.4, -0.2) is 0 Å². The molecule has 0 aliphatic carbocycles. The fraction of sp³-hybridized carbons (Fsp3) is 0.143. The lowest BCUT2D eigenvalue weighted by molar-refractivity contribution is 1.12. The van der Waals surface area contributed by atoms with Gasteiger partial charge in [-0.1, -0.05) is 37.5 Å². The molecule has 0 unspecified atom stereocenters. The van der Waals surface area contributed by atoms with E-state index < -0.39 is 0 Å². The molecular weight excluding hydrogens is 196 g/mol. The summed E-state index contributed by atoms with van der Waals surface area (Å²) in [6, 6.07) is 0. The first kappa shape index (κ1) is 14.0. The van der Waals surface area contributed by atoms with Gasteiger partial charge < -0.3 is 0 Å². The summed E-state index contributed by atoms with van der Waals surface area (Å²) in [4.78, 5) is 0. The van der Waals surface area contributed by atoms with Gasteiger partial charge in [-0.25, -0.2) is 0 Å². The van der Waals surface area contributed by atoms with Crippen LogP contribution in [0.2, 0.25) is 0 Å². The Labute approximate surface area is 97.8 Å². The zero-order chi connectivity index (χ0) is 12.2. The summed E-state index contributed by atoms with van der Waals surface area (Å²) >= 11 is 0. The number of hydrogen-bond acceptors (Lipinski definition) is 2. The maximum Gasteiger partial charge on any atom is 0.0853 e. The quantitative estimate of drug-likeness (QED) is 0.451. The molecule has 0 saturated carbocycles. The lowest BCUT2D eigenvalue weighted by Gasteiger charge is -1.92. The zero-order valence-electron chi connectivity index (χ0n) is 9.93. The smallest absolute Gasteiger partial charge is 0.0853 e. The fourth-order valence-electron chi connectivity index (χ4n) is 0.943. The molecule has 0 atom stereocenters. The molecule has 0 bridgehead atoms. The van der Waals surface area contributed by atoms with Crippen LogP contribution in [0.15, 0.2) is 83.4 Å². The molecule has 0 aliphatic heterocycles. The number of azo groups is 1. The van der Waals surface area contributed by atoms with Gasteiger partial charge in [-0.2, -0.15) is 10.2 Å². The summed E-state index contributed by atoms with van der Waals surface area (Å²) in [5.74, 6) is 0. The molecule has 0 radical (unpaired) electrons. The Morgan fingerprint density at radius 1 is 0.812 bits per heavy atom. The topological polar surface area (TPSA) is 24.7 Å². The summed E-state index contributed by atoms with van der Waals surface area (Å²) in [5.41, 5.74) is 1.52.